The molecule has 0 aromatic heterocycles. The van der Waals surface area contributed by atoms with Gasteiger partial charge in [-0.3, -0.25) is 4.79 Å². The molecule has 1 aromatic rings. The minimum absolute atomic E-state index is 0.0560. The Morgan fingerprint density at radius 1 is 1.44 bits per heavy atom. The number of carbonyl (C=O) groups excluding carboxylic acids is 1. The number of amides is 1. The lowest BCUT2D eigenvalue weighted by molar-refractivity contribution is 0.0740. The number of aliphatic hydroxyl groups is 1. The van der Waals surface area contributed by atoms with Crippen molar-refractivity contribution in [3.63, 3.8) is 0 Å². The van der Waals surface area contributed by atoms with E-state index in [-0.39, 0.29) is 30.4 Å². The van der Waals surface area contributed by atoms with Gasteiger partial charge in [0.25, 0.3) is 5.91 Å². The summed E-state index contributed by atoms with van der Waals surface area (Å²) in [7, 11) is 0. The highest BCUT2D eigenvalue weighted by Gasteiger charge is 2.16. The molecule has 4 nitrogen and oxygen atoms in total. The topological polar surface area (TPSA) is 60.8 Å². The van der Waals surface area contributed by atoms with Gasteiger partial charge >= 0.3 is 0 Å². The first kappa shape index (κ1) is 12.3. The third-order valence-corrected chi connectivity index (χ3v) is 2.14. The molecule has 0 saturated carbocycles. The molecule has 0 fully saturated rings. The Kier molecular flexibility index (Phi) is 4.54. The fourth-order valence-electron chi connectivity index (χ4n) is 1.38. The normalized spacial score (nSPS) is 9.81. The maximum absolute atomic E-state index is 12.0. The Morgan fingerprint density at radius 2 is 2.12 bits per heavy atom. The van der Waals surface area contributed by atoms with Gasteiger partial charge in [-0.25, -0.2) is 0 Å². The molecule has 2 N–H and O–H groups in total. The molecule has 1 rings (SSSR count). The van der Waals surface area contributed by atoms with Gasteiger partial charge in [0.2, 0.25) is 0 Å². The number of aliphatic hydroxyl groups excluding tert-OH is 1. The largest absolute Gasteiger partial charge is 0.507 e. The second-order valence-electron chi connectivity index (χ2n) is 3.28. The summed E-state index contributed by atoms with van der Waals surface area (Å²) >= 11 is 0. The molecule has 0 saturated heterocycles. The molecule has 0 radical (unpaired) electrons. The molecule has 0 aliphatic heterocycles. The fraction of sp³-hybridized carbons (Fsp3) is 0.250. The van der Waals surface area contributed by atoms with Gasteiger partial charge in [-0.15, -0.1) is 6.58 Å². The average molecular weight is 221 g/mol. The third kappa shape index (κ3) is 2.84. The van der Waals surface area contributed by atoms with Crippen molar-refractivity contribution in [3.05, 3.63) is 42.5 Å². The number of aromatic hydroxyl groups is 1. The second kappa shape index (κ2) is 5.92. The van der Waals surface area contributed by atoms with Crippen molar-refractivity contribution < 1.29 is 15.0 Å². The third-order valence-electron chi connectivity index (χ3n) is 2.14. The van der Waals surface area contributed by atoms with E-state index in [0.717, 1.165) is 0 Å². The molecule has 0 unspecified atom stereocenters. The zero-order valence-electron chi connectivity index (χ0n) is 8.97. The number of benzene rings is 1. The lowest BCUT2D eigenvalue weighted by atomic mass is 10.1. The highest BCUT2D eigenvalue weighted by molar-refractivity contribution is 5.96. The van der Waals surface area contributed by atoms with E-state index in [0.29, 0.717) is 6.54 Å². The van der Waals surface area contributed by atoms with Gasteiger partial charge in [0, 0.05) is 13.1 Å². The van der Waals surface area contributed by atoms with Crippen LogP contribution in [0.15, 0.2) is 36.9 Å². The molecule has 4 heteroatoms. The highest BCUT2D eigenvalue weighted by atomic mass is 16.3. The van der Waals surface area contributed by atoms with Gasteiger partial charge in [-0.2, -0.15) is 0 Å². The molecule has 16 heavy (non-hydrogen) atoms. The molecule has 0 aliphatic carbocycles. The SMILES string of the molecule is C=CCN(CCO)C(=O)c1ccccc1O. The van der Waals surface area contributed by atoms with Crippen molar-refractivity contribution in [2.45, 2.75) is 0 Å². The lowest BCUT2D eigenvalue weighted by Gasteiger charge is -2.20. The van der Waals surface area contributed by atoms with Crippen LogP contribution in [-0.2, 0) is 0 Å². The molecule has 0 spiro atoms. The van der Waals surface area contributed by atoms with E-state index in [9.17, 15) is 9.90 Å². The summed E-state index contributed by atoms with van der Waals surface area (Å²) < 4.78 is 0. The van der Waals surface area contributed by atoms with Crippen molar-refractivity contribution in [2.75, 3.05) is 19.7 Å². The Bertz CT molecular complexity index is 376. The minimum Gasteiger partial charge on any atom is -0.507 e. The van der Waals surface area contributed by atoms with Crippen molar-refractivity contribution >= 4 is 5.91 Å². The van der Waals surface area contributed by atoms with E-state index < -0.39 is 0 Å². The van der Waals surface area contributed by atoms with Gasteiger partial charge in [-0.05, 0) is 12.1 Å². The highest BCUT2D eigenvalue weighted by Crippen LogP contribution is 2.17. The van der Waals surface area contributed by atoms with Crippen LogP contribution in [-0.4, -0.2) is 40.7 Å². The van der Waals surface area contributed by atoms with Crippen LogP contribution >= 0.6 is 0 Å². The van der Waals surface area contributed by atoms with Gasteiger partial charge in [0.1, 0.15) is 5.75 Å². The first-order valence-corrected chi connectivity index (χ1v) is 4.99. The molecule has 0 heterocycles. The number of phenols is 1. The summed E-state index contributed by atoms with van der Waals surface area (Å²) in [4.78, 5) is 13.4. The molecule has 1 amide bonds. The van der Waals surface area contributed by atoms with Gasteiger partial charge in [-0.1, -0.05) is 18.2 Å². The van der Waals surface area contributed by atoms with Crippen LogP contribution in [0.4, 0.5) is 0 Å². The van der Waals surface area contributed by atoms with E-state index in [1.165, 1.54) is 11.0 Å². The van der Waals surface area contributed by atoms with E-state index in [1.807, 2.05) is 0 Å². The van der Waals surface area contributed by atoms with Crippen LogP contribution in [0.5, 0.6) is 5.75 Å². The standard InChI is InChI=1S/C12H15NO3/c1-2-7-13(8-9-14)12(16)10-5-3-4-6-11(10)15/h2-6,14-15H,1,7-9H2. The number of phenolic OH excluding ortho intramolecular Hbond substituents is 1. The lowest BCUT2D eigenvalue weighted by Crippen LogP contribution is -2.33. The monoisotopic (exact) mass is 221 g/mol. The summed E-state index contributed by atoms with van der Waals surface area (Å²) in [5, 5.41) is 18.4. The first-order valence-electron chi connectivity index (χ1n) is 4.99. The molecular formula is C12H15NO3. The minimum atomic E-state index is -0.313. The van der Waals surface area contributed by atoms with Crippen LogP contribution in [0.3, 0.4) is 0 Å². The summed E-state index contributed by atoms with van der Waals surface area (Å²) in [6, 6.07) is 6.33. The van der Waals surface area contributed by atoms with Crippen LogP contribution in [0.25, 0.3) is 0 Å². The molecule has 0 atom stereocenters. The Hall–Kier alpha value is -1.81. The summed E-state index contributed by atoms with van der Waals surface area (Å²) in [6.07, 6.45) is 1.58. The predicted octanol–water partition coefficient (Wildman–Crippen LogP) is 1.01. The summed E-state index contributed by atoms with van der Waals surface area (Å²) in [5.41, 5.74) is 0.234. The quantitative estimate of drug-likeness (QED) is 0.729. The fourth-order valence-corrected chi connectivity index (χ4v) is 1.38. The molecule has 1 aromatic carbocycles. The van der Waals surface area contributed by atoms with E-state index in [2.05, 4.69) is 6.58 Å². The first-order chi connectivity index (χ1) is 7.70. The smallest absolute Gasteiger partial charge is 0.257 e. The van der Waals surface area contributed by atoms with Crippen molar-refractivity contribution in [1.29, 1.82) is 0 Å². The predicted molar refractivity (Wildman–Crippen MR) is 61.3 cm³/mol. The summed E-state index contributed by atoms with van der Waals surface area (Å²) in [5.74, 6) is -0.369. The Morgan fingerprint density at radius 3 is 2.69 bits per heavy atom. The zero-order chi connectivity index (χ0) is 12.0. The van der Waals surface area contributed by atoms with Crippen molar-refractivity contribution in [1.82, 2.24) is 4.90 Å². The number of hydrogen-bond acceptors (Lipinski definition) is 3. The van der Waals surface area contributed by atoms with Gasteiger partial charge in [0.15, 0.2) is 0 Å². The second-order valence-corrected chi connectivity index (χ2v) is 3.28. The maximum atomic E-state index is 12.0. The van der Waals surface area contributed by atoms with Crippen LogP contribution < -0.4 is 0 Å². The number of hydrogen-bond donors (Lipinski definition) is 2. The molecule has 86 valence electrons. The Labute approximate surface area is 94.4 Å². The van der Waals surface area contributed by atoms with Gasteiger partial charge in [0.05, 0.1) is 12.2 Å². The van der Waals surface area contributed by atoms with E-state index >= 15 is 0 Å². The number of carbonyl (C=O) groups is 1. The van der Waals surface area contributed by atoms with Crippen molar-refractivity contribution in [2.24, 2.45) is 0 Å². The maximum Gasteiger partial charge on any atom is 0.257 e. The Balaban J connectivity index is 2.89. The molecule has 0 aliphatic rings. The number of para-hydroxylation sites is 1. The number of nitrogens with zero attached hydrogens (tertiary/aromatic N) is 1. The average Bonchev–Trinajstić information content (AvgIpc) is 2.28. The van der Waals surface area contributed by atoms with Crippen LogP contribution in [0.2, 0.25) is 0 Å². The zero-order valence-corrected chi connectivity index (χ0v) is 8.97. The van der Waals surface area contributed by atoms with Crippen LogP contribution in [0, 0.1) is 0 Å². The number of rotatable bonds is 5. The van der Waals surface area contributed by atoms with Crippen molar-refractivity contribution in [3.8, 4) is 5.75 Å². The van der Waals surface area contributed by atoms with E-state index in [4.69, 9.17) is 5.11 Å². The van der Waals surface area contributed by atoms with Crippen LogP contribution in [0.1, 0.15) is 10.4 Å². The molecule has 0 bridgehead atoms. The van der Waals surface area contributed by atoms with E-state index in [1.54, 1.807) is 24.3 Å². The summed E-state index contributed by atoms with van der Waals surface area (Å²) in [6.45, 7) is 3.99. The molecular weight excluding hydrogens is 206 g/mol. The van der Waals surface area contributed by atoms with Gasteiger partial charge < -0.3 is 15.1 Å².